The number of carbonyl (C=O) groups excluding carboxylic acids is 1. The molecule has 5 heteroatoms. The van der Waals surface area contributed by atoms with E-state index in [0.29, 0.717) is 0 Å². The minimum atomic E-state index is -1.06. The van der Waals surface area contributed by atoms with Gasteiger partial charge in [0.15, 0.2) is 0 Å². The number of esters is 1. The number of carboxylic acids is 1. The molecule has 0 saturated heterocycles. The third-order valence-electron chi connectivity index (χ3n) is 1.16. The molecule has 0 aromatic rings. The Morgan fingerprint density at radius 2 is 2.15 bits per heavy atom. The number of halogens is 1. The number of methoxy groups -OCH3 is 1. The summed E-state index contributed by atoms with van der Waals surface area (Å²) in [6.45, 7) is 0. The van der Waals surface area contributed by atoms with Crippen LogP contribution in [0.2, 0.25) is 0 Å². The molecular weight excluding hydrogens is 287 g/mol. The van der Waals surface area contributed by atoms with Crippen LogP contribution in [0.15, 0.2) is 21.8 Å². The number of ether oxygens (including phenoxy) is 1. The van der Waals surface area contributed by atoms with Gasteiger partial charge < -0.3 is 9.84 Å². The van der Waals surface area contributed by atoms with E-state index < -0.39 is 11.9 Å². The Morgan fingerprint density at radius 1 is 1.54 bits per heavy atom. The Bertz CT molecular complexity index is 255. The van der Waals surface area contributed by atoms with Gasteiger partial charge in [-0.15, -0.1) is 0 Å². The summed E-state index contributed by atoms with van der Waals surface area (Å²) in [5, 5.41) is 8.45. The van der Waals surface area contributed by atoms with E-state index in [1.807, 2.05) is 22.6 Å². The second kappa shape index (κ2) is 6.64. The van der Waals surface area contributed by atoms with Crippen LogP contribution < -0.4 is 0 Å². The molecule has 0 aliphatic carbocycles. The molecule has 1 N–H and O–H groups in total. The molecule has 4 nitrogen and oxygen atoms in total. The standard InChI is InChI=1S/C8H9IO4/c1-13-8(12)6(3-2-4-9)5-7(10)11/h2-4H,5H2,1H3,(H,10,11)/b4-2+,6-3+. The minimum Gasteiger partial charge on any atom is -0.481 e. The molecule has 0 bridgehead atoms. The predicted octanol–water partition coefficient (Wildman–Crippen LogP) is 1.51. The first-order chi connectivity index (χ1) is 6.11. The lowest BCUT2D eigenvalue weighted by molar-refractivity contribution is -0.141. The van der Waals surface area contributed by atoms with Gasteiger partial charge >= 0.3 is 11.9 Å². The molecule has 13 heavy (non-hydrogen) atoms. The number of aliphatic carboxylic acids is 1. The summed E-state index contributed by atoms with van der Waals surface area (Å²) in [7, 11) is 1.21. The summed E-state index contributed by atoms with van der Waals surface area (Å²) >= 11 is 1.97. The van der Waals surface area contributed by atoms with Crippen molar-refractivity contribution in [1.29, 1.82) is 0 Å². The predicted molar refractivity (Wildman–Crippen MR) is 55.5 cm³/mol. The van der Waals surface area contributed by atoms with Gasteiger partial charge in [-0.05, 0) is 4.08 Å². The summed E-state index contributed by atoms with van der Waals surface area (Å²) < 4.78 is 6.07. The molecule has 0 rings (SSSR count). The minimum absolute atomic E-state index is 0.128. The van der Waals surface area contributed by atoms with Crippen molar-refractivity contribution in [2.45, 2.75) is 6.42 Å². The van der Waals surface area contributed by atoms with Gasteiger partial charge in [0.2, 0.25) is 0 Å². The van der Waals surface area contributed by atoms with Gasteiger partial charge in [-0.2, -0.15) is 0 Å². The third-order valence-corrected chi connectivity index (χ3v) is 1.57. The van der Waals surface area contributed by atoms with Crippen molar-refractivity contribution in [2.24, 2.45) is 0 Å². The fourth-order valence-corrected chi connectivity index (χ4v) is 0.853. The van der Waals surface area contributed by atoms with Gasteiger partial charge in [-0.1, -0.05) is 34.7 Å². The third kappa shape index (κ3) is 5.40. The molecule has 0 heterocycles. The topological polar surface area (TPSA) is 63.6 Å². The van der Waals surface area contributed by atoms with E-state index in [9.17, 15) is 9.59 Å². The Balaban J connectivity index is 4.54. The van der Waals surface area contributed by atoms with Crippen LogP contribution in [-0.2, 0) is 14.3 Å². The fraction of sp³-hybridized carbons (Fsp3) is 0.250. The molecule has 0 saturated carbocycles. The largest absolute Gasteiger partial charge is 0.481 e. The highest BCUT2D eigenvalue weighted by molar-refractivity contribution is 14.1. The van der Waals surface area contributed by atoms with E-state index in [1.54, 1.807) is 10.2 Å². The number of carbonyl (C=O) groups is 2. The monoisotopic (exact) mass is 296 g/mol. The molecule has 0 unspecified atom stereocenters. The van der Waals surface area contributed by atoms with Crippen molar-refractivity contribution in [3.8, 4) is 0 Å². The van der Waals surface area contributed by atoms with Gasteiger partial charge in [-0.25, -0.2) is 4.79 Å². The van der Waals surface area contributed by atoms with Crippen molar-refractivity contribution in [3.63, 3.8) is 0 Å². The van der Waals surface area contributed by atoms with E-state index in [-0.39, 0.29) is 12.0 Å². The zero-order valence-electron chi connectivity index (χ0n) is 6.99. The maximum absolute atomic E-state index is 11.0. The number of allylic oxidation sites excluding steroid dienone is 2. The first-order valence-corrected chi connectivity index (χ1v) is 4.62. The molecular formula is C8H9IO4. The lowest BCUT2D eigenvalue weighted by atomic mass is 10.2. The van der Waals surface area contributed by atoms with E-state index >= 15 is 0 Å². The molecule has 0 radical (unpaired) electrons. The van der Waals surface area contributed by atoms with Crippen molar-refractivity contribution in [2.75, 3.05) is 7.11 Å². The van der Waals surface area contributed by atoms with Crippen LogP contribution in [0.5, 0.6) is 0 Å². The Hall–Kier alpha value is -0.850. The summed E-state index contributed by atoms with van der Waals surface area (Å²) in [4.78, 5) is 21.3. The quantitative estimate of drug-likeness (QED) is 0.370. The molecule has 72 valence electrons. The average molecular weight is 296 g/mol. The van der Waals surface area contributed by atoms with Gasteiger partial charge in [0.1, 0.15) is 0 Å². The molecule has 0 atom stereocenters. The second-order valence-corrected chi connectivity index (χ2v) is 2.79. The van der Waals surface area contributed by atoms with Crippen molar-refractivity contribution < 1.29 is 19.4 Å². The normalized spacial score (nSPS) is 11.7. The zero-order valence-corrected chi connectivity index (χ0v) is 9.15. The zero-order chi connectivity index (χ0) is 10.3. The average Bonchev–Trinajstić information content (AvgIpc) is 2.10. The molecule has 0 aliphatic rings. The smallest absolute Gasteiger partial charge is 0.334 e. The molecule has 0 aromatic carbocycles. The van der Waals surface area contributed by atoms with Gasteiger partial charge in [0.25, 0.3) is 0 Å². The maximum Gasteiger partial charge on any atom is 0.334 e. The molecule has 0 fully saturated rings. The number of carboxylic acid groups (broad SMARTS) is 1. The molecule has 0 aromatic heterocycles. The van der Waals surface area contributed by atoms with Crippen LogP contribution in [0.3, 0.4) is 0 Å². The summed E-state index contributed by atoms with van der Waals surface area (Å²) in [6.07, 6.45) is 2.68. The van der Waals surface area contributed by atoms with Crippen LogP contribution >= 0.6 is 22.6 Å². The van der Waals surface area contributed by atoms with Crippen molar-refractivity contribution >= 4 is 34.5 Å². The number of hydrogen-bond donors (Lipinski definition) is 1. The summed E-state index contributed by atoms with van der Waals surface area (Å²) in [5.41, 5.74) is 0.128. The first-order valence-electron chi connectivity index (χ1n) is 3.37. The molecule has 0 aliphatic heterocycles. The van der Waals surface area contributed by atoms with Gasteiger partial charge in [0, 0.05) is 5.57 Å². The summed E-state index contributed by atoms with van der Waals surface area (Å²) in [6, 6.07) is 0. The highest BCUT2D eigenvalue weighted by atomic mass is 127. The molecule has 0 amide bonds. The second-order valence-electron chi connectivity index (χ2n) is 2.07. The van der Waals surface area contributed by atoms with Crippen molar-refractivity contribution in [1.82, 2.24) is 0 Å². The van der Waals surface area contributed by atoms with Crippen LogP contribution in [-0.4, -0.2) is 24.2 Å². The summed E-state index contributed by atoms with van der Waals surface area (Å²) in [5.74, 6) is -1.67. The van der Waals surface area contributed by atoms with E-state index in [1.165, 1.54) is 13.2 Å². The number of rotatable bonds is 4. The van der Waals surface area contributed by atoms with E-state index in [2.05, 4.69) is 4.74 Å². The van der Waals surface area contributed by atoms with E-state index in [0.717, 1.165) is 0 Å². The molecule has 0 spiro atoms. The van der Waals surface area contributed by atoms with Gasteiger partial charge in [-0.3, -0.25) is 4.79 Å². The van der Waals surface area contributed by atoms with Crippen LogP contribution in [0.4, 0.5) is 0 Å². The maximum atomic E-state index is 11.0. The van der Waals surface area contributed by atoms with Crippen molar-refractivity contribution in [3.05, 3.63) is 21.8 Å². The SMILES string of the molecule is COC(=O)/C(=C/C=C/I)CC(=O)O. The first kappa shape index (κ1) is 12.2. The lowest BCUT2D eigenvalue weighted by Gasteiger charge is -1.99. The van der Waals surface area contributed by atoms with Crippen LogP contribution in [0.1, 0.15) is 6.42 Å². The highest BCUT2D eigenvalue weighted by Gasteiger charge is 2.12. The fourth-order valence-electron chi connectivity index (χ4n) is 0.646. The lowest BCUT2D eigenvalue weighted by Crippen LogP contribution is -2.09. The highest BCUT2D eigenvalue weighted by Crippen LogP contribution is 2.04. The Morgan fingerprint density at radius 3 is 2.54 bits per heavy atom. The van der Waals surface area contributed by atoms with Crippen LogP contribution in [0.25, 0.3) is 0 Å². The Kier molecular flexibility index (Phi) is 6.21. The van der Waals surface area contributed by atoms with Crippen LogP contribution in [0, 0.1) is 0 Å². The van der Waals surface area contributed by atoms with Gasteiger partial charge in [0.05, 0.1) is 13.5 Å². The number of hydrogen-bond acceptors (Lipinski definition) is 3. The Labute approximate surface area is 89.4 Å². The van der Waals surface area contributed by atoms with E-state index in [4.69, 9.17) is 5.11 Å².